The molecule has 0 bridgehead atoms. The Morgan fingerprint density at radius 1 is 0.286 bits per heavy atom. The van der Waals surface area contributed by atoms with E-state index in [1.54, 1.807) is 0 Å². The van der Waals surface area contributed by atoms with Gasteiger partial charge in [-0.2, -0.15) is 0 Å². The van der Waals surface area contributed by atoms with Crippen molar-refractivity contribution >= 4 is 39.5 Å². The number of ether oxygens (including phenoxy) is 4. The zero-order valence-corrected chi connectivity index (χ0v) is 64.3. The summed E-state index contributed by atoms with van der Waals surface area (Å²) in [7, 11) is -9.95. The molecule has 17 nitrogen and oxygen atoms in total. The van der Waals surface area contributed by atoms with Gasteiger partial charge in [-0.15, -0.1) is 0 Å². The molecule has 0 heterocycles. The molecular weight excluding hydrogens is 1280 g/mol. The molecule has 5 atom stereocenters. The molecule has 3 N–H and O–H groups in total. The fourth-order valence-electron chi connectivity index (χ4n) is 10.9. The number of carbonyl (C=O) groups is 4. The lowest BCUT2D eigenvalue weighted by Gasteiger charge is -2.21. The molecule has 2 unspecified atom stereocenters. The van der Waals surface area contributed by atoms with Gasteiger partial charge in [0.15, 0.2) is 12.2 Å². The fraction of sp³-hybridized carbons (Fsp3) is 0.823. The Labute approximate surface area is 597 Å². The third-order valence-corrected chi connectivity index (χ3v) is 18.9. The summed E-state index contributed by atoms with van der Waals surface area (Å²) in [4.78, 5) is 72.9. The highest BCUT2D eigenvalue weighted by Crippen LogP contribution is 2.45. The molecule has 98 heavy (non-hydrogen) atoms. The minimum Gasteiger partial charge on any atom is -0.462 e. The molecule has 0 fully saturated rings. The topological polar surface area (TPSA) is 237 Å². The molecule has 0 saturated heterocycles. The van der Waals surface area contributed by atoms with Crippen molar-refractivity contribution in [1.82, 2.24) is 0 Å². The lowest BCUT2D eigenvalue weighted by atomic mass is 10.0. The first-order valence-electron chi connectivity index (χ1n) is 39.6. The summed E-state index contributed by atoms with van der Waals surface area (Å²) in [6, 6.07) is 0. The van der Waals surface area contributed by atoms with Crippen molar-refractivity contribution in [2.24, 2.45) is 0 Å². The van der Waals surface area contributed by atoms with Crippen LogP contribution in [0, 0.1) is 0 Å². The summed E-state index contributed by atoms with van der Waals surface area (Å²) in [5.41, 5.74) is 0. The maximum absolute atomic E-state index is 13.1. The molecule has 0 aliphatic rings. The number of unbranched alkanes of at least 4 members (excludes halogenated alkanes) is 41. The van der Waals surface area contributed by atoms with Crippen LogP contribution in [-0.2, 0) is 65.4 Å². The molecule has 0 rings (SSSR count). The Balaban J connectivity index is 5.35. The first kappa shape index (κ1) is 94.8. The molecule has 0 aromatic carbocycles. The molecule has 0 radical (unpaired) electrons. The third kappa shape index (κ3) is 71.2. The van der Waals surface area contributed by atoms with Crippen molar-refractivity contribution in [1.29, 1.82) is 0 Å². The first-order valence-corrected chi connectivity index (χ1v) is 42.6. The average Bonchev–Trinajstić information content (AvgIpc) is 1.04. The Bertz CT molecular complexity index is 2100. The minimum atomic E-state index is -4.98. The van der Waals surface area contributed by atoms with E-state index in [9.17, 15) is 43.2 Å². The fourth-order valence-corrected chi connectivity index (χ4v) is 12.5. The summed E-state index contributed by atoms with van der Waals surface area (Å²) in [6.45, 7) is 4.85. The molecule has 0 aliphatic heterocycles. The predicted octanol–water partition coefficient (Wildman–Crippen LogP) is 22.7. The highest BCUT2D eigenvalue weighted by molar-refractivity contribution is 7.47. The van der Waals surface area contributed by atoms with Gasteiger partial charge in [0.1, 0.15) is 19.3 Å². The van der Waals surface area contributed by atoms with Crippen LogP contribution >= 0.6 is 15.6 Å². The first-order chi connectivity index (χ1) is 47.7. The Hall–Kier alpha value is -3.24. The number of carbonyl (C=O) groups excluding carboxylic acids is 4. The summed E-state index contributed by atoms with van der Waals surface area (Å²) < 4.78 is 68.5. The number of hydrogen-bond acceptors (Lipinski definition) is 15. The highest BCUT2D eigenvalue weighted by Gasteiger charge is 2.30. The van der Waals surface area contributed by atoms with E-state index in [1.807, 2.05) is 0 Å². The number of allylic oxidation sites excluding steroid dienone is 10. The van der Waals surface area contributed by atoms with Gasteiger partial charge in [-0.1, -0.05) is 294 Å². The standard InChI is InChI=1S/C79H144O17P2/c1-5-9-13-17-21-25-29-33-36-40-43-47-51-55-59-63-76(81)89-69-74(95-78(83)65-61-57-53-49-45-39-32-28-24-20-16-12-8-4)71-93-97(85,86)91-67-73(80)68-92-98(87,88)94-72-75(96-79(84)66-62-58-54-50-46-42-38-35-31-27-23-19-15-11-7-3)70-90-77(82)64-60-56-52-48-44-41-37-34-30-26-22-18-14-10-6-2/h26-27,30-31,33-38,73-75,80H,5-25,28-29,32,39-72H2,1-4H3,(H,85,86)(H,87,88)/b30-26-,31-27-,36-33-,37-34-,38-35-/t73-,74+,75+/m0/s1. The van der Waals surface area contributed by atoms with E-state index in [1.165, 1.54) is 141 Å². The van der Waals surface area contributed by atoms with E-state index in [0.717, 1.165) is 141 Å². The van der Waals surface area contributed by atoms with Gasteiger partial charge in [-0.25, -0.2) is 9.13 Å². The average molecular weight is 1430 g/mol. The van der Waals surface area contributed by atoms with Gasteiger partial charge < -0.3 is 33.8 Å². The second-order valence-corrected chi connectivity index (χ2v) is 29.6. The predicted molar refractivity (Wildman–Crippen MR) is 400 cm³/mol. The van der Waals surface area contributed by atoms with Crippen molar-refractivity contribution in [2.45, 2.75) is 380 Å². The minimum absolute atomic E-state index is 0.0774. The smallest absolute Gasteiger partial charge is 0.462 e. The Morgan fingerprint density at radius 2 is 0.500 bits per heavy atom. The van der Waals surface area contributed by atoms with Crippen LogP contribution in [0.15, 0.2) is 60.8 Å². The SMILES string of the molecule is CCCCCC/C=C\C=C/CCCCCCCC(=O)OC[C@H](COP(=O)(O)OC[C@@H](O)COP(=O)(O)OC[C@@H](COC(=O)CCCCCCC/C=C\CCCCCCCC)OC(=O)CCCCCCCCCCCCCCC)OC(=O)CCCCCCC/C=C\C=C/CCCCCC. The summed E-state index contributed by atoms with van der Waals surface area (Å²) >= 11 is 0. The summed E-state index contributed by atoms with van der Waals surface area (Å²) in [6.07, 6.45) is 70.5. The molecule has 0 amide bonds. The normalized spacial score (nSPS) is 14.2. The van der Waals surface area contributed by atoms with Crippen LogP contribution in [0.1, 0.15) is 362 Å². The number of rotatable bonds is 75. The van der Waals surface area contributed by atoms with E-state index in [4.69, 9.17) is 37.0 Å². The molecule has 0 saturated carbocycles. The zero-order chi connectivity index (χ0) is 71.8. The van der Waals surface area contributed by atoms with Crippen LogP contribution in [0.4, 0.5) is 0 Å². The van der Waals surface area contributed by atoms with Crippen LogP contribution in [0.2, 0.25) is 0 Å². The second kappa shape index (κ2) is 72.1. The molecule has 572 valence electrons. The summed E-state index contributed by atoms with van der Waals surface area (Å²) in [5.74, 6) is -2.19. The van der Waals surface area contributed by atoms with Gasteiger partial charge in [-0.05, 0) is 103 Å². The van der Waals surface area contributed by atoms with E-state index in [2.05, 4.69) is 88.5 Å². The molecule has 0 aliphatic carbocycles. The number of aliphatic hydroxyl groups excluding tert-OH is 1. The number of hydrogen-bond donors (Lipinski definition) is 3. The number of esters is 4. The van der Waals surface area contributed by atoms with Crippen molar-refractivity contribution < 1.29 is 80.2 Å². The van der Waals surface area contributed by atoms with Gasteiger partial charge in [0.2, 0.25) is 0 Å². The molecule has 0 spiro atoms. The van der Waals surface area contributed by atoms with E-state index < -0.39 is 97.5 Å². The molecule has 19 heteroatoms. The third-order valence-electron chi connectivity index (χ3n) is 17.0. The van der Waals surface area contributed by atoms with E-state index in [-0.39, 0.29) is 25.7 Å². The second-order valence-electron chi connectivity index (χ2n) is 26.7. The Kier molecular flexibility index (Phi) is 69.7. The zero-order valence-electron chi connectivity index (χ0n) is 62.5. The lowest BCUT2D eigenvalue weighted by molar-refractivity contribution is -0.161. The van der Waals surface area contributed by atoms with E-state index >= 15 is 0 Å². The van der Waals surface area contributed by atoms with Crippen molar-refractivity contribution in [3.05, 3.63) is 60.8 Å². The summed E-state index contributed by atoms with van der Waals surface area (Å²) in [5, 5.41) is 10.6. The maximum Gasteiger partial charge on any atom is 0.472 e. The maximum atomic E-state index is 13.1. The van der Waals surface area contributed by atoms with Crippen molar-refractivity contribution in [3.8, 4) is 0 Å². The van der Waals surface area contributed by atoms with Gasteiger partial charge in [0, 0.05) is 25.7 Å². The van der Waals surface area contributed by atoms with Gasteiger partial charge >= 0.3 is 39.5 Å². The van der Waals surface area contributed by atoms with Gasteiger partial charge in [0.05, 0.1) is 26.4 Å². The molecule has 0 aromatic rings. The lowest BCUT2D eigenvalue weighted by Crippen LogP contribution is -2.30. The van der Waals surface area contributed by atoms with E-state index in [0.29, 0.717) is 25.7 Å². The monoisotopic (exact) mass is 1430 g/mol. The van der Waals surface area contributed by atoms with Crippen LogP contribution in [0.3, 0.4) is 0 Å². The van der Waals surface area contributed by atoms with Gasteiger partial charge in [0.25, 0.3) is 0 Å². The number of phosphoric ester groups is 2. The molecule has 0 aromatic heterocycles. The highest BCUT2D eigenvalue weighted by atomic mass is 31.2. The number of aliphatic hydroxyl groups is 1. The van der Waals surface area contributed by atoms with Crippen LogP contribution in [-0.4, -0.2) is 96.7 Å². The Morgan fingerprint density at radius 3 is 0.776 bits per heavy atom. The van der Waals surface area contributed by atoms with Crippen LogP contribution in [0.25, 0.3) is 0 Å². The van der Waals surface area contributed by atoms with Crippen LogP contribution < -0.4 is 0 Å². The van der Waals surface area contributed by atoms with Gasteiger partial charge in [-0.3, -0.25) is 37.3 Å². The van der Waals surface area contributed by atoms with Crippen molar-refractivity contribution in [2.75, 3.05) is 39.6 Å². The van der Waals surface area contributed by atoms with Crippen molar-refractivity contribution in [3.63, 3.8) is 0 Å². The number of phosphoric acid groups is 2. The quantitative estimate of drug-likeness (QED) is 0.0128. The largest absolute Gasteiger partial charge is 0.472 e. The van der Waals surface area contributed by atoms with Crippen LogP contribution in [0.5, 0.6) is 0 Å². The molecular formula is C79H144O17P2.